The van der Waals surface area contributed by atoms with Gasteiger partial charge in [-0.3, -0.25) is 0 Å². The summed E-state index contributed by atoms with van der Waals surface area (Å²) in [7, 11) is -1.86. The van der Waals surface area contributed by atoms with Crippen LogP contribution in [0.2, 0.25) is 0 Å². The molecule has 0 atom stereocenters. The van der Waals surface area contributed by atoms with Crippen LogP contribution in [-0.4, -0.2) is 32.5 Å². The molecule has 1 spiro atoms. The predicted molar refractivity (Wildman–Crippen MR) is 78.6 cm³/mol. The molecule has 1 heterocycles. The van der Waals surface area contributed by atoms with E-state index in [0.29, 0.717) is 6.04 Å². The number of aliphatic hydroxyl groups is 1. The molecule has 19 heavy (non-hydrogen) atoms. The Balaban J connectivity index is 1.65. The van der Waals surface area contributed by atoms with E-state index < -0.39 is 15.3 Å². The van der Waals surface area contributed by atoms with E-state index in [4.69, 9.17) is 0 Å². The third-order valence-corrected chi connectivity index (χ3v) is 8.29. The van der Waals surface area contributed by atoms with Crippen molar-refractivity contribution in [2.45, 2.75) is 70.9 Å². The molecular weight excluding hydrogens is 258 g/mol. The lowest BCUT2D eigenvalue weighted by atomic mass is 9.62. The second-order valence-corrected chi connectivity index (χ2v) is 10.5. The Morgan fingerprint density at radius 1 is 1.11 bits per heavy atom. The molecule has 1 aliphatic heterocycles. The first kappa shape index (κ1) is 13.9. The molecule has 2 saturated carbocycles. The minimum atomic E-state index is -1.86. The average Bonchev–Trinajstić information content (AvgIpc) is 3.02. The summed E-state index contributed by atoms with van der Waals surface area (Å²) in [5.41, 5.74) is -0.354. The maximum absolute atomic E-state index is 12.5. The summed E-state index contributed by atoms with van der Waals surface area (Å²) in [6.07, 6.45) is 6.06. The summed E-state index contributed by atoms with van der Waals surface area (Å²) in [4.78, 5) is 0. The average molecular weight is 285 g/mol. The molecule has 3 rings (SSSR count). The maximum Gasteiger partial charge on any atom is 0.0696 e. The van der Waals surface area contributed by atoms with Gasteiger partial charge in [-0.25, -0.2) is 8.57 Å². The van der Waals surface area contributed by atoms with Crippen LogP contribution in [0.25, 0.3) is 0 Å². The molecule has 0 aromatic heterocycles. The van der Waals surface area contributed by atoms with Crippen molar-refractivity contribution in [3.63, 3.8) is 0 Å². The van der Waals surface area contributed by atoms with Crippen molar-refractivity contribution in [2.24, 2.45) is 15.2 Å². The van der Waals surface area contributed by atoms with Gasteiger partial charge in [0, 0.05) is 21.2 Å². The molecule has 110 valence electrons. The highest BCUT2D eigenvalue weighted by Gasteiger charge is 2.54. The lowest BCUT2D eigenvalue weighted by Gasteiger charge is -2.53. The summed E-state index contributed by atoms with van der Waals surface area (Å²) in [5.74, 6) is 1.60. The molecule has 1 N–H and O–H groups in total. The van der Waals surface area contributed by atoms with Crippen LogP contribution in [0.1, 0.15) is 59.3 Å². The molecular formula is C15H27NO2S. The van der Waals surface area contributed by atoms with Gasteiger partial charge in [-0.2, -0.15) is 0 Å². The van der Waals surface area contributed by atoms with Crippen molar-refractivity contribution in [3.8, 4) is 0 Å². The smallest absolute Gasteiger partial charge is 0.0696 e. The molecule has 1 saturated heterocycles. The Bertz CT molecular complexity index is 471. The normalized spacial score (nSPS) is 46.9. The zero-order chi connectivity index (χ0) is 13.9. The van der Waals surface area contributed by atoms with Crippen LogP contribution in [0, 0.1) is 10.8 Å². The first-order valence-electron chi connectivity index (χ1n) is 7.60. The zero-order valence-corrected chi connectivity index (χ0v) is 13.3. The first-order valence-corrected chi connectivity index (χ1v) is 9.45. The zero-order valence-electron chi connectivity index (χ0n) is 12.4. The van der Waals surface area contributed by atoms with Crippen LogP contribution < -0.4 is 0 Å². The molecule has 0 unspecified atom stereocenters. The van der Waals surface area contributed by atoms with Gasteiger partial charge in [-0.05, 0) is 49.4 Å². The van der Waals surface area contributed by atoms with Crippen molar-refractivity contribution in [1.29, 1.82) is 0 Å². The third-order valence-electron chi connectivity index (χ3n) is 5.49. The van der Waals surface area contributed by atoms with E-state index in [-0.39, 0.29) is 10.8 Å². The van der Waals surface area contributed by atoms with Gasteiger partial charge < -0.3 is 5.11 Å². The van der Waals surface area contributed by atoms with Gasteiger partial charge in [0.2, 0.25) is 0 Å². The van der Waals surface area contributed by atoms with E-state index in [1.165, 1.54) is 0 Å². The quantitative estimate of drug-likeness (QED) is 0.805. The molecule has 3 aliphatic rings. The molecule has 2 aliphatic carbocycles. The Morgan fingerprint density at radius 3 is 2.05 bits per heavy atom. The SMILES string of the molecule is CC(C)(C)C1(O)CCC2(CC1)CS(=O)(=NC1CC1)C2. The summed E-state index contributed by atoms with van der Waals surface area (Å²) >= 11 is 0. The van der Waals surface area contributed by atoms with Gasteiger partial charge >= 0.3 is 0 Å². The van der Waals surface area contributed by atoms with Crippen molar-refractivity contribution < 1.29 is 9.32 Å². The first-order chi connectivity index (χ1) is 8.66. The maximum atomic E-state index is 12.5. The molecule has 0 amide bonds. The van der Waals surface area contributed by atoms with Crippen LogP contribution in [0.15, 0.2) is 4.36 Å². The Morgan fingerprint density at radius 2 is 1.63 bits per heavy atom. The van der Waals surface area contributed by atoms with Crippen LogP contribution in [-0.2, 0) is 9.73 Å². The van der Waals surface area contributed by atoms with E-state index in [0.717, 1.165) is 50.0 Å². The molecule has 0 aromatic rings. The topological polar surface area (TPSA) is 49.7 Å². The van der Waals surface area contributed by atoms with E-state index in [1.807, 2.05) is 0 Å². The Hall–Kier alpha value is -0.0900. The second-order valence-electron chi connectivity index (χ2n) is 8.18. The number of hydrogen-bond donors (Lipinski definition) is 1. The third kappa shape index (κ3) is 2.46. The molecule has 3 fully saturated rings. The fourth-order valence-corrected chi connectivity index (χ4v) is 6.98. The second kappa shape index (κ2) is 3.97. The molecule has 0 radical (unpaired) electrons. The summed E-state index contributed by atoms with van der Waals surface area (Å²) in [5, 5.41) is 10.8. The van der Waals surface area contributed by atoms with Crippen LogP contribution >= 0.6 is 0 Å². The Kier molecular flexibility index (Phi) is 2.90. The highest BCUT2D eigenvalue weighted by atomic mass is 32.2. The summed E-state index contributed by atoms with van der Waals surface area (Å²) < 4.78 is 17.0. The summed E-state index contributed by atoms with van der Waals surface area (Å²) in [6.45, 7) is 6.37. The minimum Gasteiger partial charge on any atom is -0.389 e. The largest absolute Gasteiger partial charge is 0.389 e. The van der Waals surface area contributed by atoms with Gasteiger partial charge in [0.1, 0.15) is 0 Å². The monoisotopic (exact) mass is 285 g/mol. The highest BCUT2D eigenvalue weighted by molar-refractivity contribution is 7.95. The van der Waals surface area contributed by atoms with Crippen molar-refractivity contribution in [2.75, 3.05) is 11.5 Å². The predicted octanol–water partition coefficient (Wildman–Crippen LogP) is 2.97. The van der Waals surface area contributed by atoms with Crippen LogP contribution in [0.4, 0.5) is 0 Å². The number of hydrogen-bond acceptors (Lipinski definition) is 3. The fourth-order valence-electron chi connectivity index (χ4n) is 3.67. The highest BCUT2D eigenvalue weighted by Crippen LogP contribution is 2.53. The number of rotatable bonds is 1. The van der Waals surface area contributed by atoms with E-state index in [9.17, 15) is 9.32 Å². The Labute approximate surface area is 117 Å². The van der Waals surface area contributed by atoms with Gasteiger partial charge in [0.25, 0.3) is 0 Å². The van der Waals surface area contributed by atoms with E-state index in [1.54, 1.807) is 0 Å². The van der Waals surface area contributed by atoms with Crippen LogP contribution in [0.5, 0.6) is 0 Å². The molecule has 0 bridgehead atoms. The van der Waals surface area contributed by atoms with Gasteiger partial charge in [0.15, 0.2) is 0 Å². The van der Waals surface area contributed by atoms with E-state index >= 15 is 0 Å². The van der Waals surface area contributed by atoms with Crippen molar-refractivity contribution in [1.82, 2.24) is 0 Å². The lowest BCUT2D eigenvalue weighted by molar-refractivity contribution is -0.104. The van der Waals surface area contributed by atoms with Crippen molar-refractivity contribution in [3.05, 3.63) is 0 Å². The summed E-state index contributed by atoms with van der Waals surface area (Å²) in [6, 6.07) is 0.417. The molecule has 3 nitrogen and oxygen atoms in total. The molecule has 0 aromatic carbocycles. The van der Waals surface area contributed by atoms with Crippen LogP contribution in [0.3, 0.4) is 0 Å². The standard InChI is InChI=1S/C15H27NO2S/c1-13(2,3)15(17)8-6-14(7-9-15)10-19(18,11-14)16-12-4-5-12/h12,17H,4-11H2,1-3H3. The van der Waals surface area contributed by atoms with E-state index in [2.05, 4.69) is 25.1 Å². The fraction of sp³-hybridized carbons (Fsp3) is 1.00. The van der Waals surface area contributed by atoms with Crippen molar-refractivity contribution >= 4 is 9.73 Å². The lowest BCUT2D eigenvalue weighted by Crippen LogP contribution is -2.56. The van der Waals surface area contributed by atoms with Gasteiger partial charge in [0.05, 0.1) is 11.6 Å². The minimum absolute atomic E-state index is 0.0574. The van der Waals surface area contributed by atoms with Gasteiger partial charge in [-0.1, -0.05) is 20.8 Å². The molecule has 4 heteroatoms. The van der Waals surface area contributed by atoms with Gasteiger partial charge in [-0.15, -0.1) is 0 Å². The number of nitrogens with zero attached hydrogens (tertiary/aromatic N) is 1.